The maximum Gasteiger partial charge on any atom is 0.192 e. The SMILES string of the molecule is CC[C@H](c1nnc(SCC(=O)c2cc(C)n(C)c2C)n1Cc1ccccc1)N(C)C. The number of carbonyl (C=O) groups is 1. The van der Waals surface area contributed by atoms with Crippen molar-refractivity contribution >= 4 is 17.5 Å². The number of ketones is 1. The Bertz CT molecular complexity index is 1010. The van der Waals surface area contributed by atoms with Crippen LogP contribution in [0.25, 0.3) is 0 Å². The molecule has 0 spiro atoms. The van der Waals surface area contributed by atoms with Crippen molar-refractivity contribution in [1.82, 2.24) is 24.2 Å². The first kappa shape index (κ1) is 22.3. The molecule has 0 aliphatic carbocycles. The van der Waals surface area contributed by atoms with E-state index in [9.17, 15) is 4.79 Å². The number of hydrogen-bond donors (Lipinski definition) is 0. The lowest BCUT2D eigenvalue weighted by Gasteiger charge is -2.23. The Hall–Kier alpha value is -2.38. The average molecular weight is 426 g/mol. The van der Waals surface area contributed by atoms with Gasteiger partial charge in [0.1, 0.15) is 0 Å². The molecule has 0 saturated carbocycles. The predicted octanol–water partition coefficient (Wildman–Crippen LogP) is 4.27. The van der Waals surface area contributed by atoms with Crippen LogP contribution in [0, 0.1) is 13.8 Å². The minimum absolute atomic E-state index is 0.122. The highest BCUT2D eigenvalue weighted by Gasteiger charge is 2.23. The van der Waals surface area contributed by atoms with E-state index in [4.69, 9.17) is 0 Å². The number of benzene rings is 1. The molecule has 0 aliphatic rings. The van der Waals surface area contributed by atoms with Gasteiger partial charge in [0, 0.05) is 24.0 Å². The van der Waals surface area contributed by atoms with E-state index >= 15 is 0 Å². The highest BCUT2D eigenvalue weighted by Crippen LogP contribution is 2.27. The molecular weight excluding hydrogens is 394 g/mol. The van der Waals surface area contributed by atoms with Crippen LogP contribution in [-0.4, -0.2) is 49.9 Å². The van der Waals surface area contributed by atoms with Crippen molar-refractivity contribution in [2.75, 3.05) is 19.8 Å². The fourth-order valence-electron chi connectivity index (χ4n) is 3.69. The lowest BCUT2D eigenvalue weighted by Crippen LogP contribution is -2.23. The van der Waals surface area contributed by atoms with Gasteiger partial charge in [-0.2, -0.15) is 0 Å². The van der Waals surface area contributed by atoms with Crippen LogP contribution in [-0.2, 0) is 13.6 Å². The summed E-state index contributed by atoms with van der Waals surface area (Å²) >= 11 is 1.47. The largest absolute Gasteiger partial charge is 0.351 e. The average Bonchev–Trinajstić information content (AvgIpc) is 3.23. The lowest BCUT2D eigenvalue weighted by molar-refractivity contribution is 0.102. The summed E-state index contributed by atoms with van der Waals surface area (Å²) in [5.74, 6) is 1.40. The zero-order chi connectivity index (χ0) is 21.8. The number of hydrogen-bond acceptors (Lipinski definition) is 5. The second-order valence-corrected chi connectivity index (χ2v) is 8.80. The first-order valence-corrected chi connectivity index (χ1v) is 11.2. The van der Waals surface area contributed by atoms with Gasteiger partial charge in [0.05, 0.1) is 18.3 Å². The first-order valence-electron chi connectivity index (χ1n) is 10.3. The summed E-state index contributed by atoms with van der Waals surface area (Å²) in [4.78, 5) is 15.0. The molecule has 0 bridgehead atoms. The Morgan fingerprint density at radius 3 is 2.43 bits per heavy atom. The topological polar surface area (TPSA) is 56.0 Å². The molecular formula is C23H31N5OS. The highest BCUT2D eigenvalue weighted by atomic mass is 32.2. The second-order valence-electron chi connectivity index (χ2n) is 7.86. The summed E-state index contributed by atoms with van der Waals surface area (Å²) in [5, 5.41) is 9.78. The third kappa shape index (κ3) is 4.68. The van der Waals surface area contributed by atoms with Crippen LogP contribution in [0.2, 0.25) is 0 Å². The van der Waals surface area contributed by atoms with Gasteiger partial charge in [0.25, 0.3) is 0 Å². The zero-order valence-electron chi connectivity index (χ0n) is 18.7. The quantitative estimate of drug-likeness (QED) is 0.379. The van der Waals surface area contributed by atoms with Gasteiger partial charge in [0.15, 0.2) is 16.8 Å². The molecule has 2 heterocycles. The van der Waals surface area contributed by atoms with E-state index in [1.165, 1.54) is 17.3 Å². The third-order valence-electron chi connectivity index (χ3n) is 5.65. The number of rotatable bonds is 9. The fourth-order valence-corrected chi connectivity index (χ4v) is 4.52. The molecule has 6 nitrogen and oxygen atoms in total. The first-order chi connectivity index (χ1) is 14.3. The Morgan fingerprint density at radius 2 is 1.87 bits per heavy atom. The van der Waals surface area contributed by atoms with Crippen LogP contribution in [0.4, 0.5) is 0 Å². The van der Waals surface area contributed by atoms with Crippen molar-refractivity contribution in [1.29, 1.82) is 0 Å². The number of aromatic nitrogens is 4. The van der Waals surface area contributed by atoms with E-state index in [2.05, 4.69) is 57.4 Å². The summed E-state index contributed by atoms with van der Waals surface area (Å²) < 4.78 is 4.21. The van der Waals surface area contributed by atoms with Gasteiger partial charge in [-0.3, -0.25) is 9.69 Å². The van der Waals surface area contributed by atoms with Crippen LogP contribution in [0.5, 0.6) is 0 Å². The molecule has 1 aromatic carbocycles. The van der Waals surface area contributed by atoms with Crippen LogP contribution >= 0.6 is 11.8 Å². The molecule has 30 heavy (non-hydrogen) atoms. The zero-order valence-corrected chi connectivity index (χ0v) is 19.5. The Morgan fingerprint density at radius 1 is 1.17 bits per heavy atom. The number of carbonyl (C=O) groups excluding carboxylic acids is 1. The monoisotopic (exact) mass is 425 g/mol. The molecule has 160 valence electrons. The second kappa shape index (κ2) is 9.62. The molecule has 0 fully saturated rings. The highest BCUT2D eigenvalue weighted by molar-refractivity contribution is 7.99. The maximum atomic E-state index is 12.9. The minimum Gasteiger partial charge on any atom is -0.351 e. The number of nitrogens with zero attached hydrogens (tertiary/aromatic N) is 5. The van der Waals surface area contributed by atoms with E-state index < -0.39 is 0 Å². The van der Waals surface area contributed by atoms with Crippen molar-refractivity contribution in [2.24, 2.45) is 7.05 Å². The van der Waals surface area contributed by atoms with Crippen LogP contribution < -0.4 is 0 Å². The third-order valence-corrected chi connectivity index (χ3v) is 6.61. The van der Waals surface area contributed by atoms with Crippen molar-refractivity contribution in [3.63, 3.8) is 0 Å². The Labute approximate surface area is 183 Å². The van der Waals surface area contributed by atoms with Gasteiger partial charge in [-0.05, 0) is 46.0 Å². The van der Waals surface area contributed by atoms with Crippen LogP contribution in [0.3, 0.4) is 0 Å². The molecule has 7 heteroatoms. The normalized spacial score (nSPS) is 12.5. The molecule has 0 aliphatic heterocycles. The van der Waals surface area contributed by atoms with Gasteiger partial charge in [-0.1, -0.05) is 49.0 Å². The fraction of sp³-hybridized carbons (Fsp3) is 0.435. The molecule has 0 radical (unpaired) electrons. The van der Waals surface area contributed by atoms with Crippen LogP contribution in [0.15, 0.2) is 41.6 Å². The number of thioether (sulfide) groups is 1. The summed E-state index contributed by atoms with van der Waals surface area (Å²) in [7, 11) is 6.11. The van der Waals surface area contributed by atoms with E-state index in [-0.39, 0.29) is 11.8 Å². The van der Waals surface area contributed by atoms with Gasteiger partial charge < -0.3 is 9.13 Å². The molecule has 2 aromatic heterocycles. The molecule has 3 rings (SSSR count). The van der Waals surface area contributed by atoms with Crippen molar-refractivity contribution in [2.45, 2.75) is 44.9 Å². The van der Waals surface area contributed by atoms with E-state index in [1.54, 1.807) is 0 Å². The summed E-state index contributed by atoms with van der Waals surface area (Å²) in [5.41, 5.74) is 4.07. The van der Waals surface area contributed by atoms with Crippen molar-refractivity contribution < 1.29 is 4.79 Å². The minimum atomic E-state index is 0.122. The van der Waals surface area contributed by atoms with Crippen molar-refractivity contribution in [3.8, 4) is 0 Å². The number of Topliss-reactive ketones (excluding diaryl/α,β-unsaturated/α-hetero) is 1. The van der Waals surface area contributed by atoms with Gasteiger partial charge in [0.2, 0.25) is 0 Å². The standard InChI is InChI=1S/C23H31N5OS/c1-7-20(26(4)5)22-24-25-23(28(22)14-18-11-9-8-10-12-18)30-15-21(29)19-13-16(2)27(6)17(19)3/h8-13,20H,7,14-15H2,1-6H3/t20-/m1/s1. The predicted molar refractivity (Wildman–Crippen MR) is 122 cm³/mol. The molecule has 0 amide bonds. The Kier molecular flexibility index (Phi) is 7.15. The van der Waals surface area contributed by atoms with Crippen molar-refractivity contribution in [3.05, 3.63) is 64.7 Å². The maximum absolute atomic E-state index is 12.9. The number of aryl methyl sites for hydroxylation is 1. The summed E-state index contributed by atoms with van der Waals surface area (Å²) in [6.07, 6.45) is 0.937. The molecule has 0 unspecified atom stereocenters. The van der Waals surface area contributed by atoms with E-state index in [0.717, 1.165) is 34.4 Å². The summed E-state index contributed by atoms with van der Waals surface area (Å²) in [6, 6.07) is 12.5. The van der Waals surface area contributed by atoms with Gasteiger partial charge in [-0.25, -0.2) is 0 Å². The molecule has 3 aromatic rings. The summed E-state index contributed by atoms with van der Waals surface area (Å²) in [6.45, 7) is 6.85. The Balaban J connectivity index is 1.87. The molecule has 1 atom stereocenters. The smallest absolute Gasteiger partial charge is 0.192 e. The van der Waals surface area contributed by atoms with Gasteiger partial charge >= 0.3 is 0 Å². The lowest BCUT2D eigenvalue weighted by atomic mass is 10.2. The van der Waals surface area contributed by atoms with E-state index in [0.29, 0.717) is 12.3 Å². The van der Waals surface area contributed by atoms with Crippen LogP contribution in [0.1, 0.15) is 52.5 Å². The molecule has 0 N–H and O–H groups in total. The van der Waals surface area contributed by atoms with Gasteiger partial charge in [-0.15, -0.1) is 10.2 Å². The van der Waals surface area contributed by atoms with E-state index in [1.807, 2.05) is 45.2 Å². The molecule has 0 saturated heterocycles.